The number of hydrogen-bond acceptors (Lipinski definition) is 4. The molecule has 2 N–H and O–H groups in total. The summed E-state index contributed by atoms with van der Waals surface area (Å²) in [5, 5.41) is -0.288. The molecule has 4 nitrogen and oxygen atoms in total. The normalized spacial score (nSPS) is 20.3. The maximum Gasteiger partial charge on any atom is 0.153 e. The van der Waals surface area contributed by atoms with Crippen LogP contribution in [-0.4, -0.2) is 49.5 Å². The molecule has 1 aliphatic rings. The molecule has 1 saturated carbocycles. The lowest BCUT2D eigenvalue weighted by atomic mass is 9.88. The Hall–Kier alpha value is -0.130. The van der Waals surface area contributed by atoms with Crippen LogP contribution in [0.2, 0.25) is 0 Å². The van der Waals surface area contributed by atoms with Crippen molar-refractivity contribution in [2.75, 3.05) is 25.4 Å². The number of hydrogen-bond donors (Lipinski definition) is 1. The Labute approximate surface area is 125 Å². The summed E-state index contributed by atoms with van der Waals surface area (Å²) in [6, 6.07) is 0. The summed E-state index contributed by atoms with van der Waals surface area (Å²) in [6.45, 7) is 7.78. The van der Waals surface area contributed by atoms with Gasteiger partial charge in [-0.05, 0) is 33.2 Å². The number of likely N-dealkylation sites (N-methyl/N-ethyl adjacent to an activating group) is 1. The van der Waals surface area contributed by atoms with Gasteiger partial charge in [-0.25, -0.2) is 8.42 Å². The van der Waals surface area contributed by atoms with Crippen molar-refractivity contribution >= 4 is 9.84 Å². The van der Waals surface area contributed by atoms with Gasteiger partial charge in [0.15, 0.2) is 9.84 Å². The highest BCUT2D eigenvalue weighted by Gasteiger charge is 2.35. The second kappa shape index (κ2) is 7.76. The van der Waals surface area contributed by atoms with Crippen molar-refractivity contribution in [2.24, 2.45) is 5.73 Å². The van der Waals surface area contributed by atoms with Gasteiger partial charge in [-0.15, -0.1) is 0 Å². The molecule has 0 aromatic rings. The second-order valence-corrected chi connectivity index (χ2v) is 9.01. The molecule has 0 atom stereocenters. The van der Waals surface area contributed by atoms with Gasteiger partial charge in [0.05, 0.1) is 11.0 Å². The first kappa shape index (κ1) is 17.9. The van der Waals surface area contributed by atoms with E-state index >= 15 is 0 Å². The van der Waals surface area contributed by atoms with Crippen molar-refractivity contribution in [3.63, 3.8) is 0 Å². The van der Waals surface area contributed by atoms with Crippen molar-refractivity contribution < 1.29 is 8.42 Å². The van der Waals surface area contributed by atoms with E-state index in [-0.39, 0.29) is 16.5 Å². The first-order chi connectivity index (χ1) is 9.38. The molecule has 0 unspecified atom stereocenters. The Balaban J connectivity index is 2.76. The van der Waals surface area contributed by atoms with Crippen LogP contribution in [-0.2, 0) is 9.84 Å². The zero-order chi connectivity index (χ0) is 15.2. The summed E-state index contributed by atoms with van der Waals surface area (Å²) in [5.41, 5.74) is 6.12. The minimum absolute atomic E-state index is 0.0255. The SMILES string of the molecule is CCN(CCS(=O)(=O)C(C)C)C1(CN)CCCCCC1. The lowest BCUT2D eigenvalue weighted by Crippen LogP contribution is -2.55. The Morgan fingerprint density at radius 2 is 1.70 bits per heavy atom. The number of rotatable bonds is 7. The van der Waals surface area contributed by atoms with E-state index < -0.39 is 9.84 Å². The molecule has 0 bridgehead atoms. The highest BCUT2D eigenvalue weighted by atomic mass is 32.2. The van der Waals surface area contributed by atoms with Gasteiger partial charge in [0.25, 0.3) is 0 Å². The smallest absolute Gasteiger partial charge is 0.153 e. The lowest BCUT2D eigenvalue weighted by Gasteiger charge is -2.43. The van der Waals surface area contributed by atoms with Gasteiger partial charge in [0.1, 0.15) is 0 Å². The minimum atomic E-state index is -2.97. The standard InChI is InChI=1S/C15H32N2O2S/c1-4-17(11-12-20(18,19)14(2)3)15(13-16)9-7-5-6-8-10-15/h14H,4-13,16H2,1-3H3. The van der Waals surface area contributed by atoms with E-state index in [0.29, 0.717) is 13.1 Å². The van der Waals surface area contributed by atoms with E-state index in [0.717, 1.165) is 19.4 Å². The van der Waals surface area contributed by atoms with Crippen molar-refractivity contribution in [1.29, 1.82) is 0 Å². The third kappa shape index (κ3) is 4.43. The molecule has 0 saturated heterocycles. The van der Waals surface area contributed by atoms with Crippen molar-refractivity contribution in [1.82, 2.24) is 4.90 Å². The van der Waals surface area contributed by atoms with E-state index in [2.05, 4.69) is 11.8 Å². The van der Waals surface area contributed by atoms with E-state index in [9.17, 15) is 8.42 Å². The van der Waals surface area contributed by atoms with Crippen molar-refractivity contribution in [2.45, 2.75) is 70.1 Å². The molecule has 0 heterocycles. The fourth-order valence-corrected chi connectivity index (χ4v) is 4.19. The largest absolute Gasteiger partial charge is 0.329 e. The quantitative estimate of drug-likeness (QED) is 0.732. The van der Waals surface area contributed by atoms with E-state index in [4.69, 9.17) is 5.73 Å². The van der Waals surface area contributed by atoms with Crippen LogP contribution < -0.4 is 5.73 Å². The van der Waals surface area contributed by atoms with Gasteiger partial charge in [0, 0.05) is 18.6 Å². The van der Waals surface area contributed by atoms with Gasteiger partial charge in [-0.3, -0.25) is 4.90 Å². The van der Waals surface area contributed by atoms with Crippen LogP contribution in [0.3, 0.4) is 0 Å². The molecule has 0 spiro atoms. The topological polar surface area (TPSA) is 63.4 Å². The van der Waals surface area contributed by atoms with E-state index in [1.807, 2.05) is 0 Å². The molecule has 20 heavy (non-hydrogen) atoms. The molecular formula is C15H32N2O2S. The third-order valence-electron chi connectivity index (χ3n) is 4.83. The molecular weight excluding hydrogens is 272 g/mol. The molecule has 1 fully saturated rings. The zero-order valence-corrected chi connectivity index (χ0v) is 14.2. The first-order valence-corrected chi connectivity index (χ1v) is 9.76. The van der Waals surface area contributed by atoms with Gasteiger partial charge in [-0.1, -0.05) is 32.6 Å². The highest BCUT2D eigenvalue weighted by Crippen LogP contribution is 2.31. The second-order valence-electron chi connectivity index (χ2n) is 6.34. The number of sulfone groups is 1. The first-order valence-electron chi connectivity index (χ1n) is 8.04. The van der Waals surface area contributed by atoms with Gasteiger partial charge in [-0.2, -0.15) is 0 Å². The molecule has 0 amide bonds. The summed E-state index contributed by atoms with van der Waals surface area (Å²) in [5.74, 6) is 0.250. The average molecular weight is 305 g/mol. The molecule has 0 aromatic heterocycles. The van der Waals surface area contributed by atoms with Gasteiger partial charge >= 0.3 is 0 Å². The monoisotopic (exact) mass is 304 g/mol. The van der Waals surface area contributed by atoms with E-state index in [1.54, 1.807) is 13.8 Å². The van der Waals surface area contributed by atoms with Gasteiger partial charge in [0.2, 0.25) is 0 Å². The van der Waals surface area contributed by atoms with E-state index in [1.165, 1.54) is 25.7 Å². The number of nitrogens with zero attached hydrogens (tertiary/aromatic N) is 1. The van der Waals surface area contributed by atoms with Crippen LogP contribution in [0.15, 0.2) is 0 Å². The Morgan fingerprint density at radius 3 is 2.10 bits per heavy atom. The Bertz CT molecular complexity index is 371. The van der Waals surface area contributed by atoms with Crippen molar-refractivity contribution in [3.8, 4) is 0 Å². The third-order valence-corrected chi connectivity index (χ3v) is 7.02. The van der Waals surface area contributed by atoms with Crippen LogP contribution in [0.25, 0.3) is 0 Å². The summed E-state index contributed by atoms with van der Waals surface area (Å²) < 4.78 is 24.1. The molecule has 0 aromatic carbocycles. The Morgan fingerprint density at radius 1 is 1.15 bits per heavy atom. The average Bonchev–Trinajstić information content (AvgIpc) is 2.65. The van der Waals surface area contributed by atoms with Crippen LogP contribution in [0, 0.1) is 0 Å². The molecule has 5 heteroatoms. The fourth-order valence-electron chi connectivity index (χ4n) is 3.24. The molecule has 0 aliphatic heterocycles. The van der Waals surface area contributed by atoms with Crippen LogP contribution >= 0.6 is 0 Å². The van der Waals surface area contributed by atoms with Gasteiger partial charge < -0.3 is 5.73 Å². The predicted octanol–water partition coefficient (Wildman–Crippen LogP) is 2.18. The van der Waals surface area contributed by atoms with Crippen LogP contribution in [0.4, 0.5) is 0 Å². The lowest BCUT2D eigenvalue weighted by molar-refractivity contribution is 0.0903. The fraction of sp³-hybridized carbons (Fsp3) is 1.00. The molecule has 0 radical (unpaired) electrons. The number of nitrogens with two attached hydrogens (primary N) is 1. The molecule has 1 rings (SSSR count). The maximum atomic E-state index is 12.0. The zero-order valence-electron chi connectivity index (χ0n) is 13.4. The molecule has 120 valence electrons. The summed E-state index contributed by atoms with van der Waals surface area (Å²) in [4.78, 5) is 2.33. The van der Waals surface area contributed by atoms with Crippen LogP contribution in [0.5, 0.6) is 0 Å². The summed E-state index contributed by atoms with van der Waals surface area (Å²) in [7, 11) is -2.97. The van der Waals surface area contributed by atoms with Crippen molar-refractivity contribution in [3.05, 3.63) is 0 Å². The predicted molar refractivity (Wildman–Crippen MR) is 85.7 cm³/mol. The summed E-state index contributed by atoms with van der Waals surface area (Å²) >= 11 is 0. The van der Waals surface area contributed by atoms with Crippen LogP contribution in [0.1, 0.15) is 59.3 Å². The minimum Gasteiger partial charge on any atom is -0.329 e. The Kier molecular flexibility index (Phi) is 6.95. The maximum absolute atomic E-state index is 12.0. The summed E-state index contributed by atoms with van der Waals surface area (Å²) in [6.07, 6.45) is 7.21. The molecule has 1 aliphatic carbocycles. The highest BCUT2D eigenvalue weighted by molar-refractivity contribution is 7.92.